The minimum Gasteiger partial charge on any atom is -0.467 e. The Hall–Kier alpha value is -2.05. The number of amides is 1. The van der Waals surface area contributed by atoms with E-state index in [9.17, 15) is 9.59 Å². The van der Waals surface area contributed by atoms with E-state index in [0.29, 0.717) is 0 Å². The number of rotatable bonds is 4. The van der Waals surface area contributed by atoms with Crippen LogP contribution >= 0.6 is 0 Å². The monoisotopic (exact) mass is 269 g/mol. The van der Waals surface area contributed by atoms with Crippen molar-refractivity contribution in [3.05, 3.63) is 18.5 Å². The van der Waals surface area contributed by atoms with Crippen molar-refractivity contribution in [3.8, 4) is 0 Å². The van der Waals surface area contributed by atoms with Gasteiger partial charge < -0.3 is 14.8 Å². The second kappa shape index (κ2) is 6.21. The number of nitrogens with one attached hydrogen (secondary N) is 1. The molecular weight excluding hydrogens is 250 g/mol. The number of hydrogen-bond donors (Lipinski definition) is 1. The van der Waals surface area contributed by atoms with E-state index < -0.39 is 23.7 Å². The second-order valence-electron chi connectivity index (χ2n) is 4.95. The standard InChI is InChI=1S/C12H19N3O4/c1-12(2,3)19-11(17)14-9(10(16)18-4)8-15-7-5-6-13-15/h5-7,9H,8H2,1-4H3,(H,14,17)/t9-/m1/s1. The maximum atomic E-state index is 11.6. The van der Waals surface area contributed by atoms with Gasteiger partial charge in [0, 0.05) is 12.4 Å². The Balaban J connectivity index is 2.65. The first-order chi connectivity index (χ1) is 8.81. The summed E-state index contributed by atoms with van der Waals surface area (Å²) >= 11 is 0. The van der Waals surface area contributed by atoms with Gasteiger partial charge in [-0.1, -0.05) is 0 Å². The van der Waals surface area contributed by atoms with Crippen LogP contribution in [0.2, 0.25) is 0 Å². The van der Waals surface area contributed by atoms with Crippen molar-refractivity contribution in [1.29, 1.82) is 0 Å². The first-order valence-corrected chi connectivity index (χ1v) is 5.86. The lowest BCUT2D eigenvalue weighted by Crippen LogP contribution is -2.46. The highest BCUT2D eigenvalue weighted by Gasteiger charge is 2.25. The summed E-state index contributed by atoms with van der Waals surface area (Å²) in [6.45, 7) is 5.41. The smallest absolute Gasteiger partial charge is 0.408 e. The molecule has 19 heavy (non-hydrogen) atoms. The average Bonchev–Trinajstić information content (AvgIpc) is 2.77. The third-order valence-corrected chi connectivity index (χ3v) is 2.11. The molecule has 0 unspecified atom stereocenters. The summed E-state index contributed by atoms with van der Waals surface area (Å²) < 4.78 is 11.3. The van der Waals surface area contributed by atoms with Crippen molar-refractivity contribution in [2.75, 3.05) is 7.11 Å². The second-order valence-corrected chi connectivity index (χ2v) is 4.95. The fourth-order valence-electron chi connectivity index (χ4n) is 1.37. The largest absolute Gasteiger partial charge is 0.467 e. The van der Waals surface area contributed by atoms with Gasteiger partial charge >= 0.3 is 12.1 Å². The predicted octanol–water partition coefficient (Wildman–Crippen LogP) is 0.949. The molecule has 0 bridgehead atoms. The zero-order chi connectivity index (χ0) is 14.5. The highest BCUT2D eigenvalue weighted by Crippen LogP contribution is 2.07. The van der Waals surface area contributed by atoms with E-state index in [1.165, 1.54) is 11.8 Å². The van der Waals surface area contributed by atoms with Gasteiger partial charge in [0.25, 0.3) is 0 Å². The van der Waals surface area contributed by atoms with Crippen LogP contribution in [0.3, 0.4) is 0 Å². The third kappa shape index (κ3) is 5.41. The van der Waals surface area contributed by atoms with Gasteiger partial charge in [-0.15, -0.1) is 0 Å². The van der Waals surface area contributed by atoms with Crippen molar-refractivity contribution in [3.63, 3.8) is 0 Å². The molecule has 106 valence electrons. The Morgan fingerprint density at radius 3 is 2.58 bits per heavy atom. The maximum absolute atomic E-state index is 11.6. The minimum absolute atomic E-state index is 0.179. The number of aromatic nitrogens is 2. The molecule has 1 rings (SSSR count). The van der Waals surface area contributed by atoms with E-state index in [0.717, 1.165) is 0 Å². The highest BCUT2D eigenvalue weighted by atomic mass is 16.6. The fourth-order valence-corrected chi connectivity index (χ4v) is 1.37. The highest BCUT2D eigenvalue weighted by molar-refractivity contribution is 5.81. The summed E-state index contributed by atoms with van der Waals surface area (Å²) in [5, 5.41) is 6.44. The molecule has 0 aliphatic heterocycles. The van der Waals surface area contributed by atoms with E-state index in [4.69, 9.17) is 4.74 Å². The zero-order valence-corrected chi connectivity index (χ0v) is 11.5. The van der Waals surface area contributed by atoms with Gasteiger partial charge in [-0.05, 0) is 26.8 Å². The van der Waals surface area contributed by atoms with Gasteiger partial charge in [-0.2, -0.15) is 5.10 Å². The van der Waals surface area contributed by atoms with Gasteiger partial charge in [0.15, 0.2) is 0 Å². The molecule has 0 saturated carbocycles. The number of nitrogens with zero attached hydrogens (tertiary/aromatic N) is 2. The molecule has 0 radical (unpaired) electrons. The predicted molar refractivity (Wildman–Crippen MR) is 67.4 cm³/mol. The van der Waals surface area contributed by atoms with Crippen LogP contribution in [0.4, 0.5) is 4.79 Å². The normalized spacial score (nSPS) is 12.6. The van der Waals surface area contributed by atoms with Gasteiger partial charge in [0.1, 0.15) is 11.6 Å². The Morgan fingerprint density at radius 2 is 2.11 bits per heavy atom. The lowest BCUT2D eigenvalue weighted by molar-refractivity contribution is -0.143. The number of methoxy groups -OCH3 is 1. The minimum atomic E-state index is -0.847. The fraction of sp³-hybridized carbons (Fsp3) is 0.583. The number of carbonyl (C=O) groups excluding carboxylic acids is 2. The summed E-state index contributed by atoms with van der Waals surface area (Å²) in [6, 6.07) is 0.877. The molecule has 1 N–H and O–H groups in total. The molecule has 1 atom stereocenters. The Labute approximate surface area is 111 Å². The van der Waals surface area contributed by atoms with E-state index >= 15 is 0 Å². The molecule has 0 aromatic carbocycles. The Kier molecular flexibility index (Phi) is 4.91. The lowest BCUT2D eigenvalue weighted by Gasteiger charge is -2.22. The molecule has 0 saturated heterocycles. The number of alkyl carbamates (subject to hydrolysis) is 1. The summed E-state index contributed by atoms with van der Waals surface area (Å²) in [5.74, 6) is -0.554. The summed E-state index contributed by atoms with van der Waals surface area (Å²) in [5.41, 5.74) is -0.629. The van der Waals surface area contributed by atoms with Crippen LogP contribution in [-0.2, 0) is 20.8 Å². The SMILES string of the molecule is COC(=O)[C@@H](Cn1cccn1)NC(=O)OC(C)(C)C. The van der Waals surface area contributed by atoms with E-state index in [1.54, 1.807) is 39.2 Å². The molecule has 1 amide bonds. The van der Waals surface area contributed by atoms with Gasteiger partial charge in [0.05, 0.1) is 13.7 Å². The zero-order valence-electron chi connectivity index (χ0n) is 11.5. The molecule has 0 spiro atoms. The lowest BCUT2D eigenvalue weighted by atomic mass is 10.2. The third-order valence-electron chi connectivity index (χ3n) is 2.11. The Bertz CT molecular complexity index is 423. The molecule has 0 fully saturated rings. The maximum Gasteiger partial charge on any atom is 0.408 e. The van der Waals surface area contributed by atoms with Crippen molar-refractivity contribution < 1.29 is 19.1 Å². The molecule has 1 aromatic rings. The van der Waals surface area contributed by atoms with Crippen molar-refractivity contribution >= 4 is 12.1 Å². The van der Waals surface area contributed by atoms with Gasteiger partial charge in [-0.25, -0.2) is 9.59 Å². The van der Waals surface area contributed by atoms with Crippen LogP contribution < -0.4 is 5.32 Å². The molecule has 0 aliphatic rings. The first kappa shape index (κ1) is 15.0. The van der Waals surface area contributed by atoms with Crippen LogP contribution in [0, 0.1) is 0 Å². The van der Waals surface area contributed by atoms with Gasteiger partial charge in [0.2, 0.25) is 0 Å². The van der Waals surface area contributed by atoms with Crippen molar-refractivity contribution in [1.82, 2.24) is 15.1 Å². The summed E-state index contributed by atoms with van der Waals surface area (Å²) in [7, 11) is 1.26. The number of esters is 1. The number of hydrogen-bond acceptors (Lipinski definition) is 5. The topological polar surface area (TPSA) is 82.5 Å². The molecule has 7 heteroatoms. The molecule has 1 heterocycles. The average molecular weight is 269 g/mol. The van der Waals surface area contributed by atoms with Gasteiger partial charge in [-0.3, -0.25) is 4.68 Å². The van der Waals surface area contributed by atoms with Crippen molar-refractivity contribution in [2.24, 2.45) is 0 Å². The van der Waals surface area contributed by atoms with Crippen LogP contribution in [-0.4, -0.2) is 40.6 Å². The van der Waals surface area contributed by atoms with Crippen LogP contribution in [0.5, 0.6) is 0 Å². The summed E-state index contributed by atoms with van der Waals surface area (Å²) in [6.07, 6.45) is 2.60. The number of ether oxygens (including phenoxy) is 2. The van der Waals surface area contributed by atoms with Crippen LogP contribution in [0.25, 0.3) is 0 Å². The van der Waals surface area contributed by atoms with Crippen LogP contribution in [0.15, 0.2) is 18.5 Å². The quantitative estimate of drug-likeness (QED) is 0.823. The van der Waals surface area contributed by atoms with E-state index in [2.05, 4.69) is 15.2 Å². The Morgan fingerprint density at radius 1 is 1.42 bits per heavy atom. The molecular formula is C12H19N3O4. The van der Waals surface area contributed by atoms with E-state index in [-0.39, 0.29) is 6.54 Å². The summed E-state index contributed by atoms with van der Waals surface area (Å²) in [4.78, 5) is 23.3. The van der Waals surface area contributed by atoms with Crippen LogP contribution in [0.1, 0.15) is 20.8 Å². The van der Waals surface area contributed by atoms with E-state index in [1.807, 2.05) is 0 Å². The first-order valence-electron chi connectivity index (χ1n) is 5.86. The molecule has 1 aromatic heterocycles. The molecule has 0 aliphatic carbocycles. The number of carbonyl (C=O) groups is 2. The molecule has 7 nitrogen and oxygen atoms in total. The van der Waals surface area contributed by atoms with Crippen molar-refractivity contribution in [2.45, 2.75) is 39.0 Å².